The summed E-state index contributed by atoms with van der Waals surface area (Å²) in [5.74, 6) is 0.557. The van der Waals surface area contributed by atoms with Crippen molar-refractivity contribution in [3.05, 3.63) is 24.3 Å². The zero-order chi connectivity index (χ0) is 13.5. The van der Waals surface area contributed by atoms with Crippen LogP contribution in [0.4, 0.5) is 5.69 Å². The summed E-state index contributed by atoms with van der Waals surface area (Å²) in [4.78, 5) is 13.8. The van der Waals surface area contributed by atoms with E-state index in [1.165, 1.54) is 0 Å². The van der Waals surface area contributed by atoms with Crippen LogP contribution >= 0.6 is 0 Å². The van der Waals surface area contributed by atoms with Gasteiger partial charge >= 0.3 is 0 Å². The predicted molar refractivity (Wildman–Crippen MR) is 73.5 cm³/mol. The monoisotopic (exact) mass is 250 g/mol. The standard InChI is InChI=1S/C14H22N2O2/c1-4-11(3)16(5-2)14(17)10-18-13-9-7-6-8-12(13)15/h6-9,11H,4-5,10,15H2,1-3H3. The Hall–Kier alpha value is -1.71. The molecular formula is C14H22N2O2. The van der Waals surface area contributed by atoms with E-state index < -0.39 is 0 Å². The fraction of sp³-hybridized carbons (Fsp3) is 0.500. The van der Waals surface area contributed by atoms with Crippen LogP contribution in [0.25, 0.3) is 0 Å². The number of carbonyl (C=O) groups is 1. The Morgan fingerprint density at radius 1 is 1.39 bits per heavy atom. The van der Waals surface area contributed by atoms with Gasteiger partial charge in [-0.25, -0.2) is 0 Å². The number of anilines is 1. The predicted octanol–water partition coefficient (Wildman–Crippen LogP) is 2.29. The van der Waals surface area contributed by atoms with Crippen LogP contribution in [0, 0.1) is 0 Å². The zero-order valence-corrected chi connectivity index (χ0v) is 11.3. The van der Waals surface area contributed by atoms with Crippen LogP contribution in [-0.4, -0.2) is 30.0 Å². The van der Waals surface area contributed by atoms with E-state index in [0.29, 0.717) is 18.0 Å². The largest absolute Gasteiger partial charge is 0.482 e. The summed E-state index contributed by atoms with van der Waals surface area (Å²) in [5.41, 5.74) is 6.30. The number of amides is 1. The number of hydrogen-bond acceptors (Lipinski definition) is 3. The van der Waals surface area contributed by atoms with Gasteiger partial charge in [-0.2, -0.15) is 0 Å². The minimum Gasteiger partial charge on any atom is -0.482 e. The van der Waals surface area contributed by atoms with Gasteiger partial charge in [-0.05, 0) is 32.4 Å². The minimum atomic E-state index is -0.00453. The molecule has 4 heteroatoms. The van der Waals surface area contributed by atoms with Crippen LogP contribution in [0.1, 0.15) is 27.2 Å². The molecule has 0 saturated carbocycles. The van der Waals surface area contributed by atoms with Crippen molar-refractivity contribution < 1.29 is 9.53 Å². The van der Waals surface area contributed by atoms with Crippen LogP contribution < -0.4 is 10.5 Å². The first-order valence-electron chi connectivity index (χ1n) is 6.36. The lowest BCUT2D eigenvalue weighted by Crippen LogP contribution is -2.40. The molecule has 0 aliphatic heterocycles. The van der Waals surface area contributed by atoms with Crippen LogP contribution in [0.15, 0.2) is 24.3 Å². The molecule has 1 amide bonds. The second-order valence-electron chi connectivity index (χ2n) is 4.26. The van der Waals surface area contributed by atoms with Crippen LogP contribution in [-0.2, 0) is 4.79 Å². The molecule has 1 unspecified atom stereocenters. The van der Waals surface area contributed by atoms with Gasteiger partial charge in [0.15, 0.2) is 6.61 Å². The summed E-state index contributed by atoms with van der Waals surface area (Å²) in [6.45, 7) is 6.81. The highest BCUT2D eigenvalue weighted by molar-refractivity contribution is 5.78. The molecule has 1 rings (SSSR count). The Morgan fingerprint density at radius 3 is 2.61 bits per heavy atom. The topological polar surface area (TPSA) is 55.6 Å². The summed E-state index contributed by atoms with van der Waals surface area (Å²) in [5, 5.41) is 0. The molecule has 2 N–H and O–H groups in total. The molecule has 0 aliphatic carbocycles. The Labute approximate surface area is 109 Å². The van der Waals surface area contributed by atoms with Crippen molar-refractivity contribution in [3.8, 4) is 5.75 Å². The van der Waals surface area contributed by atoms with Gasteiger partial charge in [0.25, 0.3) is 5.91 Å². The summed E-state index contributed by atoms with van der Waals surface area (Å²) in [6.07, 6.45) is 0.938. The Bertz CT molecular complexity index is 393. The number of nitrogens with two attached hydrogens (primary N) is 1. The van der Waals surface area contributed by atoms with Crippen LogP contribution in [0.3, 0.4) is 0 Å². The third kappa shape index (κ3) is 3.65. The van der Waals surface area contributed by atoms with Gasteiger partial charge in [0, 0.05) is 12.6 Å². The molecule has 0 spiro atoms. The maximum atomic E-state index is 12.0. The van der Waals surface area contributed by atoms with E-state index in [2.05, 4.69) is 6.92 Å². The lowest BCUT2D eigenvalue weighted by Gasteiger charge is -2.27. The number of hydrogen-bond donors (Lipinski definition) is 1. The first-order valence-corrected chi connectivity index (χ1v) is 6.36. The molecule has 0 aliphatic rings. The molecule has 0 heterocycles. The maximum Gasteiger partial charge on any atom is 0.260 e. The molecule has 1 atom stereocenters. The van der Waals surface area contributed by atoms with E-state index in [1.54, 1.807) is 12.1 Å². The number of nitrogen functional groups attached to an aromatic ring is 1. The van der Waals surface area contributed by atoms with Crippen molar-refractivity contribution in [1.82, 2.24) is 4.90 Å². The smallest absolute Gasteiger partial charge is 0.260 e. The average molecular weight is 250 g/mol. The van der Waals surface area contributed by atoms with Gasteiger partial charge < -0.3 is 15.4 Å². The third-order valence-corrected chi connectivity index (χ3v) is 3.05. The molecule has 18 heavy (non-hydrogen) atoms. The highest BCUT2D eigenvalue weighted by atomic mass is 16.5. The first kappa shape index (κ1) is 14.4. The van der Waals surface area contributed by atoms with Crippen molar-refractivity contribution in [3.63, 3.8) is 0 Å². The number of ether oxygens (including phenoxy) is 1. The second-order valence-corrected chi connectivity index (χ2v) is 4.26. The van der Waals surface area contributed by atoms with Crippen molar-refractivity contribution >= 4 is 11.6 Å². The Balaban J connectivity index is 2.57. The maximum absolute atomic E-state index is 12.0. The second kappa shape index (κ2) is 6.89. The molecular weight excluding hydrogens is 228 g/mol. The van der Waals surface area contributed by atoms with Gasteiger partial charge in [0.05, 0.1) is 5.69 Å². The van der Waals surface area contributed by atoms with Gasteiger partial charge in [0.2, 0.25) is 0 Å². The SMILES string of the molecule is CCC(C)N(CC)C(=O)COc1ccccc1N. The fourth-order valence-corrected chi connectivity index (χ4v) is 1.79. The van der Waals surface area contributed by atoms with Crippen LogP contribution in [0.5, 0.6) is 5.75 Å². The van der Waals surface area contributed by atoms with Crippen molar-refractivity contribution in [2.45, 2.75) is 33.2 Å². The number of likely N-dealkylation sites (N-methyl/N-ethyl adjacent to an activating group) is 1. The molecule has 100 valence electrons. The van der Waals surface area contributed by atoms with Crippen molar-refractivity contribution in [2.75, 3.05) is 18.9 Å². The Kier molecular flexibility index (Phi) is 5.49. The molecule has 0 aromatic heterocycles. The summed E-state index contributed by atoms with van der Waals surface area (Å²) in [7, 11) is 0. The van der Waals surface area contributed by atoms with E-state index in [1.807, 2.05) is 30.9 Å². The number of rotatable bonds is 6. The molecule has 1 aromatic carbocycles. The highest BCUT2D eigenvalue weighted by Gasteiger charge is 2.17. The van der Waals surface area contributed by atoms with E-state index >= 15 is 0 Å². The summed E-state index contributed by atoms with van der Waals surface area (Å²) in [6, 6.07) is 7.43. The van der Waals surface area contributed by atoms with Gasteiger partial charge in [-0.15, -0.1) is 0 Å². The van der Waals surface area contributed by atoms with E-state index in [0.717, 1.165) is 6.42 Å². The zero-order valence-electron chi connectivity index (χ0n) is 11.3. The lowest BCUT2D eigenvalue weighted by atomic mass is 10.2. The first-order chi connectivity index (χ1) is 8.60. The fourth-order valence-electron chi connectivity index (χ4n) is 1.79. The molecule has 1 aromatic rings. The normalized spacial score (nSPS) is 11.9. The van der Waals surface area contributed by atoms with Gasteiger partial charge in [0.1, 0.15) is 5.75 Å². The van der Waals surface area contributed by atoms with E-state index in [-0.39, 0.29) is 18.6 Å². The average Bonchev–Trinajstić information content (AvgIpc) is 2.38. The third-order valence-electron chi connectivity index (χ3n) is 3.05. The number of para-hydroxylation sites is 2. The van der Waals surface area contributed by atoms with Crippen LogP contribution in [0.2, 0.25) is 0 Å². The summed E-state index contributed by atoms with van der Waals surface area (Å²) < 4.78 is 5.46. The molecule has 0 saturated heterocycles. The quantitative estimate of drug-likeness (QED) is 0.788. The molecule has 0 fully saturated rings. The van der Waals surface area contributed by atoms with E-state index in [9.17, 15) is 4.79 Å². The number of benzene rings is 1. The summed E-state index contributed by atoms with van der Waals surface area (Å²) >= 11 is 0. The minimum absolute atomic E-state index is 0.00453. The van der Waals surface area contributed by atoms with Gasteiger partial charge in [-0.1, -0.05) is 19.1 Å². The number of nitrogens with zero attached hydrogens (tertiary/aromatic N) is 1. The molecule has 4 nitrogen and oxygen atoms in total. The molecule has 0 bridgehead atoms. The number of carbonyl (C=O) groups excluding carboxylic acids is 1. The van der Waals surface area contributed by atoms with Gasteiger partial charge in [-0.3, -0.25) is 4.79 Å². The lowest BCUT2D eigenvalue weighted by molar-refractivity contribution is -0.135. The highest BCUT2D eigenvalue weighted by Crippen LogP contribution is 2.19. The van der Waals surface area contributed by atoms with E-state index in [4.69, 9.17) is 10.5 Å². The van der Waals surface area contributed by atoms with Crippen molar-refractivity contribution in [2.24, 2.45) is 0 Å². The molecule has 0 radical (unpaired) electrons. The Morgan fingerprint density at radius 2 is 2.06 bits per heavy atom. The van der Waals surface area contributed by atoms with Crippen molar-refractivity contribution in [1.29, 1.82) is 0 Å².